The predicted molar refractivity (Wildman–Crippen MR) is 123 cm³/mol. The molecule has 1 heterocycles. The number of aliphatic imine (C=N–C) groups is 1. The number of halogens is 1. The van der Waals surface area contributed by atoms with Crippen LogP contribution < -0.4 is 15.8 Å². The molecule has 1 fully saturated rings. The molecule has 5 nitrogen and oxygen atoms in total. The Balaban J connectivity index is 0.00000261. The van der Waals surface area contributed by atoms with E-state index in [1.54, 1.807) is 7.11 Å². The van der Waals surface area contributed by atoms with Gasteiger partial charge in [0, 0.05) is 11.3 Å². The molecule has 0 aromatic heterocycles. The highest BCUT2D eigenvalue weighted by atomic mass is 127. The van der Waals surface area contributed by atoms with Crippen molar-refractivity contribution in [2.75, 3.05) is 32.1 Å². The van der Waals surface area contributed by atoms with E-state index in [1.165, 1.54) is 24.0 Å². The zero-order chi connectivity index (χ0) is 18.4. The number of nitrogens with one attached hydrogen (secondary N) is 1. The molecule has 3 rings (SSSR count). The van der Waals surface area contributed by atoms with E-state index in [-0.39, 0.29) is 30.0 Å². The first-order chi connectivity index (χ1) is 12.7. The molecule has 146 valence electrons. The van der Waals surface area contributed by atoms with Crippen LogP contribution in [0.15, 0.2) is 53.5 Å². The molecule has 0 bridgehead atoms. The van der Waals surface area contributed by atoms with Crippen LogP contribution in [0, 0.1) is 6.92 Å². The topological polar surface area (TPSA) is 62.9 Å². The normalized spacial score (nSPS) is 15.9. The molecular weight excluding hydrogens is 451 g/mol. The van der Waals surface area contributed by atoms with Crippen LogP contribution in [0.2, 0.25) is 0 Å². The minimum absolute atomic E-state index is 0. The van der Waals surface area contributed by atoms with Crippen molar-refractivity contribution in [3.8, 4) is 5.75 Å². The fraction of sp³-hybridized carbons (Fsp3) is 0.381. The molecule has 0 radical (unpaired) electrons. The number of likely N-dealkylation sites (tertiary alicyclic amines) is 1. The van der Waals surface area contributed by atoms with Crippen molar-refractivity contribution < 1.29 is 4.74 Å². The third-order valence-corrected chi connectivity index (χ3v) is 4.80. The van der Waals surface area contributed by atoms with Crippen LogP contribution in [0.1, 0.15) is 30.0 Å². The second-order valence-corrected chi connectivity index (χ2v) is 6.72. The van der Waals surface area contributed by atoms with Crippen LogP contribution in [-0.4, -0.2) is 37.6 Å². The molecule has 0 saturated carbocycles. The quantitative estimate of drug-likeness (QED) is 0.370. The lowest BCUT2D eigenvalue weighted by Crippen LogP contribution is -2.30. The average Bonchev–Trinajstić information content (AvgIpc) is 3.17. The summed E-state index contributed by atoms with van der Waals surface area (Å²) in [6.07, 6.45) is 2.46. The van der Waals surface area contributed by atoms with E-state index < -0.39 is 0 Å². The van der Waals surface area contributed by atoms with Crippen LogP contribution in [0.4, 0.5) is 5.69 Å². The second-order valence-electron chi connectivity index (χ2n) is 6.72. The van der Waals surface area contributed by atoms with E-state index in [0.29, 0.717) is 12.5 Å². The fourth-order valence-electron chi connectivity index (χ4n) is 3.50. The Morgan fingerprint density at radius 3 is 2.63 bits per heavy atom. The smallest absolute Gasteiger partial charge is 0.193 e. The van der Waals surface area contributed by atoms with Crippen LogP contribution >= 0.6 is 24.0 Å². The molecule has 1 aliphatic rings. The highest BCUT2D eigenvalue weighted by molar-refractivity contribution is 14.0. The molecule has 3 N–H and O–H groups in total. The average molecular weight is 480 g/mol. The van der Waals surface area contributed by atoms with Gasteiger partial charge in [-0.25, -0.2) is 0 Å². The van der Waals surface area contributed by atoms with E-state index in [2.05, 4.69) is 46.4 Å². The Bertz CT molecular complexity index is 759. The Labute approximate surface area is 179 Å². The van der Waals surface area contributed by atoms with Gasteiger partial charge in [-0.3, -0.25) is 9.89 Å². The second kappa shape index (κ2) is 10.5. The number of nitrogens with zero attached hydrogens (tertiary/aromatic N) is 2. The van der Waals surface area contributed by atoms with Crippen LogP contribution in [0.5, 0.6) is 5.75 Å². The zero-order valence-electron chi connectivity index (χ0n) is 16.0. The van der Waals surface area contributed by atoms with Crippen molar-refractivity contribution >= 4 is 35.6 Å². The first kappa shape index (κ1) is 21.5. The Morgan fingerprint density at radius 1 is 1.19 bits per heavy atom. The van der Waals surface area contributed by atoms with Gasteiger partial charge < -0.3 is 15.8 Å². The highest BCUT2D eigenvalue weighted by Crippen LogP contribution is 2.31. The molecule has 0 spiro atoms. The molecule has 2 aromatic rings. The van der Waals surface area contributed by atoms with Gasteiger partial charge in [-0.1, -0.05) is 30.3 Å². The summed E-state index contributed by atoms with van der Waals surface area (Å²) in [5, 5.41) is 3.19. The minimum atomic E-state index is 0. The third-order valence-electron chi connectivity index (χ3n) is 4.80. The van der Waals surface area contributed by atoms with Gasteiger partial charge >= 0.3 is 0 Å². The molecule has 0 amide bonds. The standard InChI is InChI=1S/C21H28N4O.HI/c1-16-8-7-9-17(14-16)24-21(22)23-15-19(25-12-5-6-13-25)18-10-3-4-11-20(18)26-2;/h3-4,7-11,14,19H,5-6,12-13,15H2,1-2H3,(H3,22,23,24);1H. The number of benzene rings is 2. The van der Waals surface area contributed by atoms with Crippen LogP contribution in [0.25, 0.3) is 0 Å². The Morgan fingerprint density at radius 2 is 1.93 bits per heavy atom. The van der Waals surface area contributed by atoms with E-state index in [4.69, 9.17) is 10.5 Å². The predicted octanol–water partition coefficient (Wildman–Crippen LogP) is 4.19. The summed E-state index contributed by atoms with van der Waals surface area (Å²) in [6, 6.07) is 16.5. The Hall–Kier alpha value is -1.80. The first-order valence-corrected chi connectivity index (χ1v) is 9.18. The molecule has 1 unspecified atom stereocenters. The monoisotopic (exact) mass is 480 g/mol. The van der Waals surface area contributed by atoms with Crippen molar-refractivity contribution in [2.24, 2.45) is 10.7 Å². The van der Waals surface area contributed by atoms with Gasteiger partial charge in [0.1, 0.15) is 5.75 Å². The van der Waals surface area contributed by atoms with Crippen molar-refractivity contribution in [2.45, 2.75) is 25.8 Å². The van der Waals surface area contributed by atoms with Gasteiger partial charge in [0.2, 0.25) is 0 Å². The maximum absolute atomic E-state index is 6.14. The number of guanidine groups is 1. The molecule has 6 heteroatoms. The number of nitrogens with two attached hydrogens (primary N) is 1. The molecule has 0 aliphatic carbocycles. The number of aryl methyl sites for hydroxylation is 1. The van der Waals surface area contributed by atoms with Crippen LogP contribution in [0.3, 0.4) is 0 Å². The SMILES string of the molecule is COc1ccccc1C(CN=C(N)Nc1cccc(C)c1)N1CCCC1.I. The summed E-state index contributed by atoms with van der Waals surface area (Å²) >= 11 is 0. The Kier molecular flexibility index (Phi) is 8.37. The first-order valence-electron chi connectivity index (χ1n) is 9.18. The van der Waals surface area contributed by atoms with Crippen LogP contribution in [-0.2, 0) is 0 Å². The lowest BCUT2D eigenvalue weighted by Gasteiger charge is -2.28. The van der Waals surface area contributed by atoms with E-state index in [9.17, 15) is 0 Å². The summed E-state index contributed by atoms with van der Waals surface area (Å²) in [6.45, 7) is 4.83. The number of hydrogen-bond acceptors (Lipinski definition) is 3. The lowest BCUT2D eigenvalue weighted by molar-refractivity contribution is 0.245. The summed E-state index contributed by atoms with van der Waals surface area (Å²) in [7, 11) is 1.72. The summed E-state index contributed by atoms with van der Waals surface area (Å²) < 4.78 is 5.58. The number of hydrogen-bond donors (Lipinski definition) is 2. The molecule has 2 aromatic carbocycles. The zero-order valence-corrected chi connectivity index (χ0v) is 18.4. The number of para-hydroxylation sites is 1. The van der Waals surface area contributed by atoms with Crippen molar-refractivity contribution in [3.63, 3.8) is 0 Å². The molecule has 1 aliphatic heterocycles. The summed E-state index contributed by atoms with van der Waals surface area (Å²) in [4.78, 5) is 7.11. The highest BCUT2D eigenvalue weighted by Gasteiger charge is 2.25. The van der Waals surface area contributed by atoms with Gasteiger partial charge in [0.25, 0.3) is 0 Å². The summed E-state index contributed by atoms with van der Waals surface area (Å²) in [5.41, 5.74) is 9.46. The summed E-state index contributed by atoms with van der Waals surface area (Å²) in [5.74, 6) is 1.35. The largest absolute Gasteiger partial charge is 0.496 e. The number of methoxy groups -OCH3 is 1. The van der Waals surface area contributed by atoms with Gasteiger partial charge in [0.15, 0.2) is 5.96 Å². The third kappa shape index (κ3) is 5.84. The molecule has 27 heavy (non-hydrogen) atoms. The lowest BCUT2D eigenvalue weighted by atomic mass is 10.0. The van der Waals surface area contributed by atoms with Crippen molar-refractivity contribution in [3.05, 3.63) is 59.7 Å². The number of rotatable bonds is 6. The molecular formula is C21H29IN4O. The van der Waals surface area contributed by atoms with E-state index >= 15 is 0 Å². The van der Waals surface area contributed by atoms with Gasteiger partial charge in [0.05, 0.1) is 19.7 Å². The maximum atomic E-state index is 6.14. The van der Waals surface area contributed by atoms with Gasteiger partial charge in [-0.2, -0.15) is 0 Å². The van der Waals surface area contributed by atoms with E-state index in [0.717, 1.165) is 24.5 Å². The van der Waals surface area contributed by atoms with Gasteiger partial charge in [-0.15, -0.1) is 24.0 Å². The van der Waals surface area contributed by atoms with Gasteiger partial charge in [-0.05, 0) is 56.6 Å². The molecule has 1 saturated heterocycles. The maximum Gasteiger partial charge on any atom is 0.193 e. The molecule has 1 atom stereocenters. The number of anilines is 1. The minimum Gasteiger partial charge on any atom is -0.496 e. The number of ether oxygens (including phenoxy) is 1. The fourth-order valence-corrected chi connectivity index (χ4v) is 3.50. The van der Waals surface area contributed by atoms with Crippen molar-refractivity contribution in [1.29, 1.82) is 0 Å². The van der Waals surface area contributed by atoms with E-state index in [1.807, 2.05) is 24.3 Å². The van der Waals surface area contributed by atoms with Crippen molar-refractivity contribution in [1.82, 2.24) is 4.90 Å².